The summed E-state index contributed by atoms with van der Waals surface area (Å²) in [5.74, 6) is 0. The Balaban J connectivity index is 3.88. The van der Waals surface area contributed by atoms with Gasteiger partial charge >= 0.3 is 0 Å². The maximum Gasteiger partial charge on any atom is 0.242 e. The number of nitrogens with zero attached hydrogens (tertiary/aromatic N) is 1. The lowest BCUT2D eigenvalue weighted by Gasteiger charge is -1.99. The Bertz CT molecular complexity index is 411. The van der Waals surface area contributed by atoms with E-state index in [0.717, 1.165) is 38.5 Å². The minimum atomic E-state index is -0.277. The molecule has 0 atom stereocenters. The van der Waals surface area contributed by atoms with E-state index in [1.54, 1.807) is 6.08 Å². The van der Waals surface area contributed by atoms with E-state index < -0.39 is 0 Å². The molecule has 0 aliphatic carbocycles. The van der Waals surface area contributed by atoms with Crippen LogP contribution in [-0.2, 0) is 4.79 Å². The molecule has 0 amide bonds. The van der Waals surface area contributed by atoms with Crippen LogP contribution >= 0.6 is 0 Å². The van der Waals surface area contributed by atoms with Gasteiger partial charge in [0.05, 0.1) is 4.92 Å². The summed E-state index contributed by atoms with van der Waals surface area (Å²) in [6.07, 6.45) is 22.9. The van der Waals surface area contributed by atoms with Gasteiger partial charge in [-0.3, -0.25) is 14.9 Å². The van der Waals surface area contributed by atoms with Gasteiger partial charge in [-0.05, 0) is 44.6 Å². The predicted octanol–water partition coefficient (Wildman–Crippen LogP) is 6.07. The fraction of sp³-hybridized carbons (Fsp3) is 0.650. The standard InChI is InChI=1S/C20H32NO3/c1-2-3-4-5-6-7-8-9-11-14-17-20(21(23)24)18-15-12-10-13-16-19-22/h6-7,9,11,17H,2-5,8,10,12-16,18H2,1H3/b7-6+,11-9+,20-17-. The number of hydrogen-bond acceptors (Lipinski definition) is 3. The molecule has 0 aromatic rings. The number of rotatable bonds is 16. The molecule has 0 aromatic heterocycles. The van der Waals surface area contributed by atoms with Crippen molar-refractivity contribution in [3.63, 3.8) is 0 Å². The number of unbranched alkanes of at least 4 members (excludes halogenated alkanes) is 7. The zero-order valence-electron chi connectivity index (χ0n) is 15.0. The molecule has 4 nitrogen and oxygen atoms in total. The number of allylic oxidation sites excluding steroid dienone is 6. The molecule has 0 rings (SSSR count). The van der Waals surface area contributed by atoms with E-state index in [1.165, 1.54) is 19.3 Å². The highest BCUT2D eigenvalue weighted by Gasteiger charge is 2.08. The zero-order valence-corrected chi connectivity index (χ0v) is 15.0. The van der Waals surface area contributed by atoms with Crippen LogP contribution in [0.15, 0.2) is 36.1 Å². The van der Waals surface area contributed by atoms with Crippen LogP contribution in [-0.4, -0.2) is 11.2 Å². The Morgan fingerprint density at radius 2 is 1.67 bits per heavy atom. The summed E-state index contributed by atoms with van der Waals surface area (Å²) < 4.78 is 0. The Kier molecular flexibility index (Phi) is 16.4. The average Bonchev–Trinajstić information content (AvgIpc) is 2.57. The van der Waals surface area contributed by atoms with Crippen molar-refractivity contribution in [3.8, 4) is 0 Å². The van der Waals surface area contributed by atoms with Gasteiger partial charge in [0.2, 0.25) is 5.70 Å². The monoisotopic (exact) mass is 334 g/mol. The second-order valence-electron chi connectivity index (χ2n) is 5.92. The highest BCUT2D eigenvalue weighted by molar-refractivity contribution is 5.50. The fourth-order valence-corrected chi connectivity index (χ4v) is 2.33. The van der Waals surface area contributed by atoms with Crippen molar-refractivity contribution in [2.75, 3.05) is 0 Å². The van der Waals surface area contributed by atoms with Gasteiger partial charge in [-0.15, -0.1) is 0 Å². The molecule has 0 spiro atoms. The van der Waals surface area contributed by atoms with Crippen LogP contribution < -0.4 is 0 Å². The largest absolute Gasteiger partial charge is 0.291 e. The van der Waals surface area contributed by atoms with Crippen LogP contribution in [0, 0.1) is 10.1 Å². The van der Waals surface area contributed by atoms with Crippen molar-refractivity contribution >= 4 is 6.29 Å². The van der Waals surface area contributed by atoms with Crippen molar-refractivity contribution in [2.45, 2.75) is 84.0 Å². The third-order valence-electron chi connectivity index (χ3n) is 3.77. The highest BCUT2D eigenvalue weighted by atomic mass is 16.6. The van der Waals surface area contributed by atoms with Crippen LogP contribution in [0.2, 0.25) is 0 Å². The predicted molar refractivity (Wildman–Crippen MR) is 100 cm³/mol. The van der Waals surface area contributed by atoms with Crippen LogP contribution in [0.3, 0.4) is 0 Å². The van der Waals surface area contributed by atoms with Gasteiger partial charge in [-0.2, -0.15) is 0 Å². The summed E-state index contributed by atoms with van der Waals surface area (Å²) in [5, 5.41) is 11.0. The van der Waals surface area contributed by atoms with E-state index in [-0.39, 0.29) is 4.92 Å². The molecular formula is C20H32NO3. The maximum atomic E-state index is 11.0. The Hall–Kier alpha value is -1.71. The first-order valence-electron chi connectivity index (χ1n) is 9.20. The lowest BCUT2D eigenvalue weighted by Crippen LogP contribution is -1.98. The van der Waals surface area contributed by atoms with E-state index >= 15 is 0 Å². The number of carbonyl (C=O) groups excluding carboxylic acids is 1. The molecule has 0 bridgehead atoms. The Morgan fingerprint density at radius 1 is 0.958 bits per heavy atom. The molecule has 0 unspecified atom stereocenters. The lowest BCUT2D eigenvalue weighted by atomic mass is 10.1. The van der Waals surface area contributed by atoms with Crippen molar-refractivity contribution in [1.82, 2.24) is 0 Å². The van der Waals surface area contributed by atoms with Gasteiger partial charge in [-0.1, -0.05) is 56.9 Å². The first kappa shape index (κ1) is 22.3. The van der Waals surface area contributed by atoms with E-state index in [0.29, 0.717) is 25.0 Å². The molecular weight excluding hydrogens is 302 g/mol. The Morgan fingerprint density at radius 3 is 2.38 bits per heavy atom. The summed E-state index contributed by atoms with van der Waals surface area (Å²) in [6, 6.07) is 0. The summed E-state index contributed by atoms with van der Waals surface area (Å²) in [5.41, 5.74) is 0.303. The van der Waals surface area contributed by atoms with Crippen molar-refractivity contribution < 1.29 is 9.72 Å². The SMILES string of the molecule is CCCCC/C=C/C/C=C/C/C=C(/CCCCCC[C]=O)[N+](=O)[O-]. The molecule has 0 heterocycles. The van der Waals surface area contributed by atoms with Gasteiger partial charge < -0.3 is 0 Å². The molecule has 0 fully saturated rings. The minimum Gasteiger partial charge on any atom is -0.291 e. The van der Waals surface area contributed by atoms with E-state index in [2.05, 4.69) is 25.2 Å². The molecule has 0 N–H and O–H groups in total. The summed E-state index contributed by atoms with van der Waals surface area (Å²) in [7, 11) is 0. The van der Waals surface area contributed by atoms with Crippen LogP contribution in [0.5, 0.6) is 0 Å². The van der Waals surface area contributed by atoms with E-state index in [1.807, 2.05) is 12.4 Å². The second-order valence-corrected chi connectivity index (χ2v) is 5.92. The van der Waals surface area contributed by atoms with Crippen molar-refractivity contribution in [1.29, 1.82) is 0 Å². The highest BCUT2D eigenvalue weighted by Crippen LogP contribution is 2.12. The van der Waals surface area contributed by atoms with E-state index in [4.69, 9.17) is 0 Å². The maximum absolute atomic E-state index is 11.0. The third kappa shape index (κ3) is 15.2. The summed E-state index contributed by atoms with van der Waals surface area (Å²) in [6.45, 7) is 2.20. The van der Waals surface area contributed by atoms with Gasteiger partial charge in [0.25, 0.3) is 0 Å². The van der Waals surface area contributed by atoms with Crippen LogP contribution in [0.1, 0.15) is 84.0 Å². The molecule has 0 saturated heterocycles. The van der Waals surface area contributed by atoms with Gasteiger partial charge in [0.1, 0.15) is 0 Å². The number of hydrogen-bond donors (Lipinski definition) is 0. The van der Waals surface area contributed by atoms with Crippen LogP contribution in [0.25, 0.3) is 0 Å². The smallest absolute Gasteiger partial charge is 0.242 e. The van der Waals surface area contributed by atoms with E-state index in [9.17, 15) is 14.9 Å². The molecule has 24 heavy (non-hydrogen) atoms. The quantitative estimate of drug-likeness (QED) is 0.149. The first-order chi connectivity index (χ1) is 11.7. The molecule has 135 valence electrons. The lowest BCUT2D eigenvalue weighted by molar-refractivity contribution is -0.428. The minimum absolute atomic E-state index is 0.277. The number of nitro groups is 1. The molecule has 4 heteroatoms. The normalized spacial score (nSPS) is 12.3. The average molecular weight is 334 g/mol. The molecule has 0 aliphatic rings. The molecule has 0 aliphatic heterocycles. The summed E-state index contributed by atoms with van der Waals surface area (Å²) in [4.78, 5) is 20.8. The zero-order chi connectivity index (χ0) is 17.9. The summed E-state index contributed by atoms with van der Waals surface area (Å²) >= 11 is 0. The molecule has 0 saturated carbocycles. The first-order valence-corrected chi connectivity index (χ1v) is 9.20. The molecule has 1 radical (unpaired) electrons. The van der Waals surface area contributed by atoms with Gasteiger partial charge in [0, 0.05) is 12.8 Å². The topological polar surface area (TPSA) is 60.2 Å². The molecule has 0 aromatic carbocycles. The van der Waals surface area contributed by atoms with Crippen molar-refractivity contribution in [3.05, 3.63) is 46.2 Å². The second kappa shape index (κ2) is 17.6. The van der Waals surface area contributed by atoms with Gasteiger partial charge in [0.15, 0.2) is 6.29 Å². The third-order valence-corrected chi connectivity index (χ3v) is 3.77. The van der Waals surface area contributed by atoms with Gasteiger partial charge in [-0.25, -0.2) is 0 Å². The Labute approximate surface area is 146 Å². The fourth-order valence-electron chi connectivity index (χ4n) is 2.33. The van der Waals surface area contributed by atoms with Crippen molar-refractivity contribution in [2.24, 2.45) is 0 Å². The van der Waals surface area contributed by atoms with Crippen LogP contribution in [0.4, 0.5) is 0 Å².